The second-order valence-corrected chi connectivity index (χ2v) is 5.65. The highest BCUT2D eigenvalue weighted by atomic mass is 79.9. The minimum atomic E-state index is 0.416. The van der Waals surface area contributed by atoms with E-state index in [1.54, 1.807) is 0 Å². The number of hydrazine groups is 1. The Morgan fingerprint density at radius 2 is 2.25 bits per heavy atom. The SMILES string of the molecule is NNC(Cc1cccc(Br)c1)CC1CCC1. The lowest BCUT2D eigenvalue weighted by Crippen LogP contribution is -2.39. The molecule has 3 N–H and O–H groups in total. The minimum absolute atomic E-state index is 0.416. The first-order valence-electron chi connectivity index (χ1n) is 5.98. The lowest BCUT2D eigenvalue weighted by atomic mass is 9.80. The summed E-state index contributed by atoms with van der Waals surface area (Å²) in [6.45, 7) is 0. The molecule has 0 spiro atoms. The molecule has 0 aliphatic heterocycles. The van der Waals surface area contributed by atoms with Gasteiger partial charge in [0, 0.05) is 10.5 Å². The largest absolute Gasteiger partial charge is 0.271 e. The van der Waals surface area contributed by atoms with Gasteiger partial charge in [-0.15, -0.1) is 0 Å². The third-order valence-corrected chi connectivity index (χ3v) is 3.94. The van der Waals surface area contributed by atoms with E-state index in [1.807, 2.05) is 0 Å². The van der Waals surface area contributed by atoms with Gasteiger partial charge >= 0.3 is 0 Å². The summed E-state index contributed by atoms with van der Waals surface area (Å²) in [5.74, 6) is 6.52. The van der Waals surface area contributed by atoms with Gasteiger partial charge in [0.05, 0.1) is 0 Å². The van der Waals surface area contributed by atoms with Crippen LogP contribution in [0.15, 0.2) is 28.7 Å². The van der Waals surface area contributed by atoms with Crippen LogP contribution in [-0.4, -0.2) is 6.04 Å². The van der Waals surface area contributed by atoms with Gasteiger partial charge in [-0.1, -0.05) is 47.3 Å². The maximum Gasteiger partial charge on any atom is 0.0253 e. The van der Waals surface area contributed by atoms with Crippen molar-refractivity contribution >= 4 is 15.9 Å². The van der Waals surface area contributed by atoms with E-state index >= 15 is 0 Å². The molecule has 1 aliphatic carbocycles. The Balaban J connectivity index is 1.89. The zero-order chi connectivity index (χ0) is 11.4. The van der Waals surface area contributed by atoms with Crippen LogP contribution in [0.4, 0.5) is 0 Å². The van der Waals surface area contributed by atoms with Crippen molar-refractivity contribution in [3.63, 3.8) is 0 Å². The van der Waals surface area contributed by atoms with Gasteiger partial charge in [-0.2, -0.15) is 0 Å². The molecule has 3 heteroatoms. The van der Waals surface area contributed by atoms with E-state index in [1.165, 1.54) is 31.2 Å². The molecule has 0 amide bonds. The Kier molecular flexibility index (Phi) is 4.38. The Bertz CT molecular complexity index is 336. The third kappa shape index (κ3) is 3.30. The average Bonchev–Trinajstić information content (AvgIpc) is 2.21. The van der Waals surface area contributed by atoms with Gasteiger partial charge in [0.25, 0.3) is 0 Å². The summed E-state index contributed by atoms with van der Waals surface area (Å²) in [4.78, 5) is 0. The van der Waals surface area contributed by atoms with Gasteiger partial charge in [0.1, 0.15) is 0 Å². The van der Waals surface area contributed by atoms with E-state index in [2.05, 4.69) is 45.6 Å². The summed E-state index contributed by atoms with van der Waals surface area (Å²) >= 11 is 3.50. The molecular weight excluding hydrogens is 264 g/mol. The summed E-state index contributed by atoms with van der Waals surface area (Å²) in [5.41, 5.74) is 4.30. The van der Waals surface area contributed by atoms with E-state index in [0.717, 1.165) is 16.8 Å². The van der Waals surface area contributed by atoms with Crippen molar-refractivity contribution in [3.8, 4) is 0 Å². The fourth-order valence-electron chi connectivity index (χ4n) is 2.29. The predicted octanol–water partition coefficient (Wildman–Crippen LogP) is 3.01. The fraction of sp³-hybridized carbons (Fsp3) is 0.538. The number of hydrogen-bond acceptors (Lipinski definition) is 2. The highest BCUT2D eigenvalue weighted by molar-refractivity contribution is 9.10. The molecule has 1 fully saturated rings. The Labute approximate surface area is 106 Å². The van der Waals surface area contributed by atoms with Crippen LogP contribution in [0.25, 0.3) is 0 Å². The van der Waals surface area contributed by atoms with Gasteiger partial charge in [0.15, 0.2) is 0 Å². The molecule has 1 saturated carbocycles. The highest BCUT2D eigenvalue weighted by Gasteiger charge is 2.21. The molecule has 2 rings (SSSR count). The van der Waals surface area contributed by atoms with Crippen molar-refractivity contribution < 1.29 is 0 Å². The third-order valence-electron chi connectivity index (χ3n) is 3.45. The maximum atomic E-state index is 5.62. The smallest absolute Gasteiger partial charge is 0.0253 e. The monoisotopic (exact) mass is 282 g/mol. The minimum Gasteiger partial charge on any atom is -0.271 e. The summed E-state index contributed by atoms with van der Waals surface area (Å²) in [7, 11) is 0. The van der Waals surface area contributed by atoms with Crippen molar-refractivity contribution in [1.29, 1.82) is 0 Å². The zero-order valence-electron chi connectivity index (χ0n) is 9.45. The van der Waals surface area contributed by atoms with E-state index in [4.69, 9.17) is 5.84 Å². The first kappa shape index (κ1) is 12.1. The van der Waals surface area contributed by atoms with Crippen LogP contribution in [-0.2, 0) is 6.42 Å². The molecule has 88 valence electrons. The zero-order valence-corrected chi connectivity index (χ0v) is 11.0. The highest BCUT2D eigenvalue weighted by Crippen LogP contribution is 2.31. The van der Waals surface area contributed by atoms with Crippen LogP contribution >= 0.6 is 15.9 Å². The Morgan fingerprint density at radius 1 is 1.44 bits per heavy atom. The molecule has 1 aromatic carbocycles. The number of benzene rings is 1. The molecule has 0 aromatic heterocycles. The fourth-order valence-corrected chi connectivity index (χ4v) is 2.74. The molecule has 1 aliphatic rings. The summed E-state index contributed by atoms with van der Waals surface area (Å²) in [6.07, 6.45) is 6.40. The average molecular weight is 283 g/mol. The second-order valence-electron chi connectivity index (χ2n) is 4.73. The quantitative estimate of drug-likeness (QED) is 0.644. The molecule has 1 aromatic rings. The molecule has 0 bridgehead atoms. The number of nitrogens with two attached hydrogens (primary N) is 1. The molecule has 0 heterocycles. The predicted molar refractivity (Wildman–Crippen MR) is 70.9 cm³/mol. The van der Waals surface area contributed by atoms with Crippen molar-refractivity contribution in [3.05, 3.63) is 34.3 Å². The molecule has 0 radical (unpaired) electrons. The molecule has 1 unspecified atom stereocenters. The molecular formula is C13H19BrN2. The topological polar surface area (TPSA) is 38.0 Å². The lowest BCUT2D eigenvalue weighted by Gasteiger charge is -2.29. The number of rotatable bonds is 5. The Hall–Kier alpha value is -0.380. The van der Waals surface area contributed by atoms with Crippen molar-refractivity contribution in [2.45, 2.75) is 38.1 Å². The summed E-state index contributed by atoms with van der Waals surface area (Å²) in [6, 6.07) is 8.89. The van der Waals surface area contributed by atoms with Crippen LogP contribution in [0.1, 0.15) is 31.2 Å². The van der Waals surface area contributed by atoms with E-state index in [-0.39, 0.29) is 0 Å². The molecule has 16 heavy (non-hydrogen) atoms. The van der Waals surface area contributed by atoms with Gasteiger partial charge < -0.3 is 0 Å². The number of halogens is 1. The van der Waals surface area contributed by atoms with E-state index in [0.29, 0.717) is 6.04 Å². The van der Waals surface area contributed by atoms with Crippen LogP contribution in [0.2, 0.25) is 0 Å². The van der Waals surface area contributed by atoms with Gasteiger partial charge in [0.2, 0.25) is 0 Å². The van der Waals surface area contributed by atoms with Crippen molar-refractivity contribution in [1.82, 2.24) is 5.43 Å². The van der Waals surface area contributed by atoms with Crippen LogP contribution in [0, 0.1) is 5.92 Å². The molecule has 1 atom stereocenters. The van der Waals surface area contributed by atoms with Crippen LogP contribution in [0.5, 0.6) is 0 Å². The first-order valence-corrected chi connectivity index (χ1v) is 6.78. The standard InChI is InChI=1S/C13H19BrN2/c14-12-6-2-5-11(7-12)9-13(16-15)8-10-3-1-4-10/h2,5-7,10,13,16H,1,3-4,8-9,15H2. The van der Waals surface area contributed by atoms with E-state index in [9.17, 15) is 0 Å². The van der Waals surface area contributed by atoms with E-state index < -0.39 is 0 Å². The number of hydrogen-bond donors (Lipinski definition) is 2. The van der Waals surface area contributed by atoms with Crippen molar-refractivity contribution in [2.75, 3.05) is 0 Å². The lowest BCUT2D eigenvalue weighted by molar-refractivity contribution is 0.259. The van der Waals surface area contributed by atoms with Crippen LogP contribution < -0.4 is 11.3 Å². The maximum absolute atomic E-state index is 5.62. The Morgan fingerprint density at radius 3 is 2.81 bits per heavy atom. The number of nitrogens with one attached hydrogen (secondary N) is 1. The summed E-state index contributed by atoms with van der Waals surface area (Å²) in [5, 5.41) is 0. The first-order chi connectivity index (χ1) is 7.78. The van der Waals surface area contributed by atoms with Crippen molar-refractivity contribution in [2.24, 2.45) is 11.8 Å². The summed E-state index contributed by atoms with van der Waals surface area (Å²) < 4.78 is 1.14. The second kappa shape index (κ2) is 5.80. The van der Waals surface area contributed by atoms with Gasteiger partial charge in [-0.3, -0.25) is 11.3 Å². The molecule has 2 nitrogen and oxygen atoms in total. The van der Waals surface area contributed by atoms with Gasteiger partial charge in [-0.05, 0) is 36.5 Å². The molecule has 0 saturated heterocycles. The normalized spacial score (nSPS) is 18.1. The van der Waals surface area contributed by atoms with Gasteiger partial charge in [-0.25, -0.2) is 0 Å². The van der Waals surface area contributed by atoms with Crippen LogP contribution in [0.3, 0.4) is 0 Å².